The lowest BCUT2D eigenvalue weighted by molar-refractivity contribution is -0.151. The summed E-state index contributed by atoms with van der Waals surface area (Å²) < 4.78 is 6.21. The number of aryl methyl sites for hydroxylation is 1. The monoisotopic (exact) mass is 429 g/mol. The molecule has 1 amide bonds. The smallest absolute Gasteiger partial charge is 0.222 e. The number of pyridine rings is 1. The molecule has 32 heavy (non-hydrogen) atoms. The van der Waals surface area contributed by atoms with Crippen molar-refractivity contribution >= 4 is 22.6 Å². The van der Waals surface area contributed by atoms with Crippen LogP contribution >= 0.6 is 0 Å². The van der Waals surface area contributed by atoms with Gasteiger partial charge >= 0.3 is 0 Å². The number of fused-ring (bicyclic) bond motifs is 2. The molecule has 0 saturated carbocycles. The van der Waals surface area contributed by atoms with Gasteiger partial charge in [-0.05, 0) is 55.4 Å². The molecule has 0 spiro atoms. The fraction of sp³-hybridized carbons (Fsp3) is 0.407. The van der Waals surface area contributed by atoms with E-state index in [1.165, 1.54) is 5.56 Å². The van der Waals surface area contributed by atoms with Crippen molar-refractivity contribution in [1.82, 2.24) is 9.88 Å². The van der Waals surface area contributed by atoms with Gasteiger partial charge in [0.25, 0.3) is 0 Å². The van der Waals surface area contributed by atoms with Gasteiger partial charge in [0.05, 0.1) is 11.6 Å². The summed E-state index contributed by atoms with van der Waals surface area (Å²) in [5.41, 5.74) is 9.37. The number of amides is 1. The molecule has 1 aromatic heterocycles. The van der Waals surface area contributed by atoms with Gasteiger partial charge < -0.3 is 15.4 Å². The number of carbonyl (C=O) groups excluding carboxylic acids is 1. The summed E-state index contributed by atoms with van der Waals surface area (Å²) >= 11 is 0. The molecule has 2 aromatic carbocycles. The molecule has 2 fully saturated rings. The normalized spacial score (nSPS) is 23.1. The van der Waals surface area contributed by atoms with Gasteiger partial charge in [-0.25, -0.2) is 4.98 Å². The fourth-order valence-electron chi connectivity index (χ4n) is 5.54. The molecule has 0 radical (unpaired) electrons. The lowest BCUT2D eigenvalue weighted by atomic mass is 9.68. The lowest BCUT2D eigenvalue weighted by Gasteiger charge is -2.51. The van der Waals surface area contributed by atoms with E-state index in [0.29, 0.717) is 18.7 Å². The van der Waals surface area contributed by atoms with Gasteiger partial charge in [-0.2, -0.15) is 0 Å². The molecule has 166 valence electrons. The zero-order valence-corrected chi connectivity index (χ0v) is 18.5. The number of para-hydroxylation sites is 1. The summed E-state index contributed by atoms with van der Waals surface area (Å²) in [5.74, 6) is 0.727. The highest BCUT2D eigenvalue weighted by Crippen LogP contribution is 2.43. The Morgan fingerprint density at radius 1 is 1.16 bits per heavy atom. The Balaban J connectivity index is 1.29. The summed E-state index contributed by atoms with van der Waals surface area (Å²) in [6.07, 6.45) is 5.35. The number of nitrogens with two attached hydrogens (primary N) is 1. The summed E-state index contributed by atoms with van der Waals surface area (Å²) in [6.45, 7) is 2.38. The molecule has 5 nitrogen and oxygen atoms in total. The van der Waals surface area contributed by atoms with E-state index in [1.54, 1.807) is 0 Å². The number of anilines is 1. The second kappa shape index (κ2) is 8.91. The van der Waals surface area contributed by atoms with Crippen LogP contribution in [0.1, 0.15) is 36.8 Å². The van der Waals surface area contributed by atoms with E-state index in [4.69, 9.17) is 10.5 Å². The molecule has 2 aliphatic heterocycles. The first-order valence-corrected chi connectivity index (χ1v) is 11.7. The van der Waals surface area contributed by atoms with Crippen LogP contribution in [-0.4, -0.2) is 41.6 Å². The molecule has 5 rings (SSSR count). The van der Waals surface area contributed by atoms with Crippen LogP contribution in [0.15, 0.2) is 60.7 Å². The quantitative estimate of drug-likeness (QED) is 0.653. The van der Waals surface area contributed by atoms with Crippen LogP contribution < -0.4 is 5.73 Å². The van der Waals surface area contributed by atoms with Crippen LogP contribution in [0.3, 0.4) is 0 Å². The molecule has 0 bridgehead atoms. The maximum absolute atomic E-state index is 13.2. The zero-order valence-electron chi connectivity index (χ0n) is 18.5. The molecular weight excluding hydrogens is 398 g/mol. The number of hydrogen-bond donors (Lipinski definition) is 1. The lowest BCUT2D eigenvalue weighted by Crippen LogP contribution is -2.57. The van der Waals surface area contributed by atoms with E-state index in [2.05, 4.69) is 46.3 Å². The maximum Gasteiger partial charge on any atom is 0.222 e. The van der Waals surface area contributed by atoms with Gasteiger partial charge in [-0.1, -0.05) is 48.5 Å². The van der Waals surface area contributed by atoms with Crippen LogP contribution in [0, 0.1) is 5.41 Å². The Hall–Kier alpha value is -2.92. The predicted octanol–water partition coefficient (Wildman–Crippen LogP) is 4.39. The molecule has 2 atom stereocenters. The van der Waals surface area contributed by atoms with E-state index < -0.39 is 0 Å². The van der Waals surface area contributed by atoms with Gasteiger partial charge in [0.1, 0.15) is 5.82 Å². The van der Waals surface area contributed by atoms with Crippen molar-refractivity contribution in [1.29, 1.82) is 0 Å². The van der Waals surface area contributed by atoms with Crippen LogP contribution in [0.25, 0.3) is 10.9 Å². The molecule has 5 heteroatoms. The van der Waals surface area contributed by atoms with E-state index >= 15 is 0 Å². The summed E-state index contributed by atoms with van der Waals surface area (Å²) in [5, 5.41) is 1.06. The third kappa shape index (κ3) is 4.22. The van der Waals surface area contributed by atoms with Crippen LogP contribution in [0.4, 0.5) is 5.82 Å². The molecule has 2 N–H and O–H groups in total. The third-order valence-corrected chi connectivity index (χ3v) is 7.18. The van der Waals surface area contributed by atoms with Crippen LogP contribution in [0.2, 0.25) is 0 Å². The number of likely N-dealkylation sites (tertiary alicyclic amines) is 1. The third-order valence-electron chi connectivity index (χ3n) is 7.18. The number of piperidine rings is 1. The van der Waals surface area contributed by atoms with Crippen molar-refractivity contribution in [2.75, 3.05) is 25.4 Å². The van der Waals surface area contributed by atoms with Crippen molar-refractivity contribution in [2.24, 2.45) is 5.41 Å². The molecular formula is C27H31N3O2. The Morgan fingerprint density at radius 3 is 2.84 bits per heavy atom. The first-order valence-electron chi connectivity index (χ1n) is 11.7. The minimum atomic E-state index is 0.0110. The van der Waals surface area contributed by atoms with Crippen molar-refractivity contribution in [3.8, 4) is 0 Å². The van der Waals surface area contributed by atoms with E-state index in [0.717, 1.165) is 61.8 Å². The van der Waals surface area contributed by atoms with Gasteiger partial charge in [-0.3, -0.25) is 4.79 Å². The van der Waals surface area contributed by atoms with Gasteiger partial charge in [0.15, 0.2) is 0 Å². The fourth-order valence-corrected chi connectivity index (χ4v) is 5.54. The average Bonchev–Trinajstić information content (AvgIpc) is 2.82. The molecule has 0 aliphatic carbocycles. The number of nitrogen functional groups attached to an aromatic ring is 1. The Labute approximate surface area is 189 Å². The van der Waals surface area contributed by atoms with Gasteiger partial charge in [0, 0.05) is 36.9 Å². The highest BCUT2D eigenvalue weighted by atomic mass is 16.5. The molecule has 0 unspecified atom stereocenters. The zero-order chi connectivity index (χ0) is 22.0. The van der Waals surface area contributed by atoms with Crippen LogP contribution in [-0.2, 0) is 22.4 Å². The number of nitrogens with zero attached hydrogens (tertiary/aromatic N) is 2. The van der Waals surface area contributed by atoms with Crippen molar-refractivity contribution in [2.45, 2.75) is 44.6 Å². The minimum Gasteiger partial charge on any atom is -0.383 e. The first kappa shape index (κ1) is 21.0. The van der Waals surface area contributed by atoms with Crippen molar-refractivity contribution in [3.05, 3.63) is 71.8 Å². The van der Waals surface area contributed by atoms with E-state index in [-0.39, 0.29) is 17.4 Å². The number of rotatable bonds is 5. The minimum absolute atomic E-state index is 0.0110. The number of aromatic nitrogens is 1. The SMILES string of the molecule is Nc1nc2ccccc2cc1CCC(=O)N1CC[C@H]2OCCC[C@@]2(Cc2ccccc2)C1. The summed E-state index contributed by atoms with van der Waals surface area (Å²) in [6, 6.07) is 20.7. The Kier molecular flexibility index (Phi) is 5.83. The largest absolute Gasteiger partial charge is 0.383 e. The maximum atomic E-state index is 13.2. The van der Waals surface area contributed by atoms with E-state index in [1.807, 2.05) is 24.3 Å². The predicted molar refractivity (Wildman–Crippen MR) is 127 cm³/mol. The first-order chi connectivity index (χ1) is 15.6. The topological polar surface area (TPSA) is 68.5 Å². The summed E-state index contributed by atoms with van der Waals surface area (Å²) in [7, 11) is 0. The van der Waals surface area contributed by atoms with Gasteiger partial charge in [-0.15, -0.1) is 0 Å². The van der Waals surface area contributed by atoms with Gasteiger partial charge in [0.2, 0.25) is 5.91 Å². The van der Waals surface area contributed by atoms with Crippen LogP contribution in [0.5, 0.6) is 0 Å². The highest BCUT2D eigenvalue weighted by Gasteiger charge is 2.46. The highest BCUT2D eigenvalue weighted by molar-refractivity contribution is 5.82. The molecule has 2 aliphatic rings. The number of hydrogen-bond acceptors (Lipinski definition) is 4. The number of carbonyl (C=O) groups is 1. The Bertz CT molecular complexity index is 1100. The number of benzene rings is 2. The standard InChI is InChI=1S/C27H31N3O2/c28-26-22(17-21-9-4-5-10-23(21)29-26)11-12-25(31)30-15-13-24-27(19-30,14-6-16-32-24)18-20-7-2-1-3-8-20/h1-5,7-10,17,24H,6,11-16,18-19H2,(H2,28,29)/t24-,27-/m1/s1. The summed E-state index contributed by atoms with van der Waals surface area (Å²) in [4.78, 5) is 19.8. The molecule has 3 aromatic rings. The second-order valence-corrected chi connectivity index (χ2v) is 9.32. The van der Waals surface area contributed by atoms with E-state index in [9.17, 15) is 4.79 Å². The van der Waals surface area contributed by atoms with Crippen molar-refractivity contribution < 1.29 is 9.53 Å². The van der Waals surface area contributed by atoms with Crippen molar-refractivity contribution in [3.63, 3.8) is 0 Å². The second-order valence-electron chi connectivity index (χ2n) is 9.32. The molecule has 3 heterocycles. The average molecular weight is 430 g/mol. The molecule has 2 saturated heterocycles. The number of ether oxygens (including phenoxy) is 1. The Morgan fingerprint density at radius 2 is 1.97 bits per heavy atom.